The van der Waals surface area contributed by atoms with E-state index in [-0.39, 0.29) is 24.8 Å². The predicted octanol–water partition coefficient (Wildman–Crippen LogP) is 1.17. The average molecular weight is 377 g/mol. The topological polar surface area (TPSA) is 97.0 Å². The minimum atomic E-state index is -0.700. The van der Waals surface area contributed by atoms with Crippen LogP contribution in [-0.4, -0.2) is 61.6 Å². The molecule has 1 unspecified atom stereocenters. The molecule has 0 spiro atoms. The zero-order valence-corrected chi connectivity index (χ0v) is 15.8. The largest absolute Gasteiger partial charge is 0.494 e. The fraction of sp³-hybridized carbons (Fsp3) is 0.526. The maximum Gasteiger partial charge on any atom is 0.307 e. The monoisotopic (exact) mass is 377 g/mol. The Hall–Kier alpha value is -2.61. The van der Waals surface area contributed by atoms with Crippen LogP contribution in [0.2, 0.25) is 0 Å². The number of piperazine rings is 1. The van der Waals surface area contributed by atoms with Crippen molar-refractivity contribution in [3.63, 3.8) is 0 Å². The summed E-state index contributed by atoms with van der Waals surface area (Å²) in [7, 11) is 0. The lowest BCUT2D eigenvalue weighted by Gasteiger charge is -2.33. The lowest BCUT2D eigenvalue weighted by Crippen LogP contribution is -2.57. The van der Waals surface area contributed by atoms with Crippen LogP contribution in [0.15, 0.2) is 24.3 Å². The van der Waals surface area contributed by atoms with E-state index in [1.54, 1.807) is 29.2 Å². The fourth-order valence-corrected chi connectivity index (χ4v) is 2.79. The summed E-state index contributed by atoms with van der Waals surface area (Å²) in [6.07, 6.45) is 0.652. The first-order valence-corrected chi connectivity index (χ1v) is 9.23. The molecule has 1 aromatic carbocycles. The van der Waals surface area contributed by atoms with Gasteiger partial charge in [0.1, 0.15) is 11.8 Å². The number of esters is 1. The van der Waals surface area contributed by atoms with Gasteiger partial charge in [-0.25, -0.2) is 0 Å². The van der Waals surface area contributed by atoms with E-state index in [1.807, 2.05) is 13.8 Å². The molecule has 1 aliphatic heterocycles. The minimum Gasteiger partial charge on any atom is -0.494 e. The van der Waals surface area contributed by atoms with Crippen molar-refractivity contribution in [3.8, 4) is 5.75 Å². The van der Waals surface area contributed by atoms with Crippen LogP contribution < -0.4 is 15.4 Å². The zero-order valence-electron chi connectivity index (χ0n) is 15.8. The molecule has 1 fully saturated rings. The third kappa shape index (κ3) is 6.56. The van der Waals surface area contributed by atoms with Crippen molar-refractivity contribution in [3.05, 3.63) is 24.3 Å². The van der Waals surface area contributed by atoms with Gasteiger partial charge in [-0.2, -0.15) is 0 Å². The Morgan fingerprint density at radius 3 is 2.67 bits per heavy atom. The van der Waals surface area contributed by atoms with Crippen molar-refractivity contribution < 1.29 is 23.9 Å². The van der Waals surface area contributed by atoms with Gasteiger partial charge in [-0.3, -0.25) is 19.3 Å². The standard InChI is InChI=1S/C19H27N3O5/c1-3-11-27-18(24)12-16-19(25)20-9-10-22(16)13-17(23)21-14-5-7-15(8-6-14)26-4-2/h5-8,16H,3-4,9-13H2,1-2H3,(H,20,25)(H,21,23). The highest BCUT2D eigenvalue weighted by Gasteiger charge is 2.33. The van der Waals surface area contributed by atoms with Crippen molar-refractivity contribution in [1.29, 1.82) is 0 Å². The molecule has 148 valence electrons. The second-order valence-corrected chi connectivity index (χ2v) is 6.21. The summed E-state index contributed by atoms with van der Waals surface area (Å²) in [5.41, 5.74) is 0.642. The molecular formula is C19H27N3O5. The Morgan fingerprint density at radius 2 is 2.00 bits per heavy atom. The van der Waals surface area contributed by atoms with E-state index in [0.717, 1.165) is 12.2 Å². The first-order chi connectivity index (χ1) is 13.0. The fourth-order valence-electron chi connectivity index (χ4n) is 2.79. The molecule has 0 bridgehead atoms. The van der Waals surface area contributed by atoms with Crippen LogP contribution in [-0.2, 0) is 19.1 Å². The highest BCUT2D eigenvalue weighted by molar-refractivity contribution is 5.93. The zero-order chi connectivity index (χ0) is 19.6. The van der Waals surface area contributed by atoms with Crippen molar-refractivity contribution in [2.45, 2.75) is 32.7 Å². The van der Waals surface area contributed by atoms with E-state index in [2.05, 4.69) is 10.6 Å². The molecule has 1 atom stereocenters. The van der Waals surface area contributed by atoms with E-state index < -0.39 is 12.0 Å². The van der Waals surface area contributed by atoms with Crippen LogP contribution in [0.1, 0.15) is 26.7 Å². The highest BCUT2D eigenvalue weighted by Crippen LogP contribution is 2.16. The van der Waals surface area contributed by atoms with Gasteiger partial charge < -0.3 is 20.1 Å². The van der Waals surface area contributed by atoms with E-state index in [4.69, 9.17) is 9.47 Å². The molecule has 2 amide bonds. The van der Waals surface area contributed by atoms with Gasteiger partial charge in [0.05, 0.1) is 26.2 Å². The van der Waals surface area contributed by atoms with Gasteiger partial charge in [0.15, 0.2) is 0 Å². The molecule has 1 aliphatic rings. The maximum absolute atomic E-state index is 12.4. The van der Waals surface area contributed by atoms with Gasteiger partial charge in [-0.1, -0.05) is 6.92 Å². The number of amides is 2. The maximum atomic E-state index is 12.4. The third-order valence-electron chi connectivity index (χ3n) is 4.06. The number of benzene rings is 1. The Bertz CT molecular complexity index is 647. The second-order valence-electron chi connectivity index (χ2n) is 6.21. The molecule has 0 aliphatic carbocycles. The Kier molecular flexibility index (Phi) is 8.06. The van der Waals surface area contributed by atoms with Crippen LogP contribution in [0.3, 0.4) is 0 Å². The molecule has 2 N–H and O–H groups in total. The number of carbonyl (C=O) groups excluding carboxylic acids is 3. The highest BCUT2D eigenvalue weighted by atomic mass is 16.5. The lowest BCUT2D eigenvalue weighted by atomic mass is 10.1. The van der Waals surface area contributed by atoms with Crippen LogP contribution in [0, 0.1) is 0 Å². The molecule has 8 heteroatoms. The molecule has 0 aromatic heterocycles. The average Bonchev–Trinajstić information content (AvgIpc) is 2.64. The molecule has 8 nitrogen and oxygen atoms in total. The van der Waals surface area contributed by atoms with Gasteiger partial charge in [-0.15, -0.1) is 0 Å². The minimum absolute atomic E-state index is 0.0202. The summed E-state index contributed by atoms with van der Waals surface area (Å²) in [4.78, 5) is 38.1. The molecule has 0 radical (unpaired) electrons. The van der Waals surface area contributed by atoms with Crippen LogP contribution in [0.4, 0.5) is 5.69 Å². The number of ether oxygens (including phenoxy) is 2. The molecular weight excluding hydrogens is 350 g/mol. The SMILES string of the molecule is CCCOC(=O)CC1C(=O)NCCN1CC(=O)Nc1ccc(OCC)cc1. The van der Waals surface area contributed by atoms with Crippen LogP contribution >= 0.6 is 0 Å². The van der Waals surface area contributed by atoms with E-state index >= 15 is 0 Å². The molecule has 1 aromatic rings. The Labute approximate surface area is 159 Å². The van der Waals surface area contributed by atoms with Gasteiger partial charge in [-0.05, 0) is 37.6 Å². The summed E-state index contributed by atoms with van der Waals surface area (Å²) in [5, 5.41) is 5.53. The van der Waals surface area contributed by atoms with Gasteiger partial charge in [0, 0.05) is 18.8 Å². The van der Waals surface area contributed by atoms with Gasteiger partial charge >= 0.3 is 5.97 Å². The molecule has 1 heterocycles. The molecule has 2 rings (SSSR count). The number of carbonyl (C=O) groups is 3. The molecule has 0 saturated carbocycles. The second kappa shape index (κ2) is 10.5. The van der Waals surface area contributed by atoms with E-state index in [1.165, 1.54) is 0 Å². The lowest BCUT2D eigenvalue weighted by molar-refractivity contribution is -0.148. The normalized spacial score (nSPS) is 17.1. The van der Waals surface area contributed by atoms with Crippen LogP contribution in [0.25, 0.3) is 0 Å². The van der Waals surface area contributed by atoms with E-state index in [0.29, 0.717) is 32.0 Å². The predicted molar refractivity (Wildman–Crippen MR) is 100 cm³/mol. The van der Waals surface area contributed by atoms with Gasteiger partial charge in [0.25, 0.3) is 0 Å². The first kappa shape index (κ1) is 20.7. The summed E-state index contributed by atoms with van der Waals surface area (Å²) < 4.78 is 10.4. The van der Waals surface area contributed by atoms with Crippen molar-refractivity contribution >= 4 is 23.5 Å². The summed E-state index contributed by atoms with van der Waals surface area (Å²) in [5.74, 6) is -0.214. The van der Waals surface area contributed by atoms with Gasteiger partial charge in [0.2, 0.25) is 11.8 Å². The number of hydrogen-bond acceptors (Lipinski definition) is 6. The molecule has 1 saturated heterocycles. The summed E-state index contributed by atoms with van der Waals surface area (Å²) >= 11 is 0. The number of rotatable bonds is 9. The first-order valence-electron chi connectivity index (χ1n) is 9.23. The smallest absolute Gasteiger partial charge is 0.307 e. The summed E-state index contributed by atoms with van der Waals surface area (Å²) in [6.45, 7) is 5.66. The number of anilines is 1. The summed E-state index contributed by atoms with van der Waals surface area (Å²) in [6, 6.07) is 6.37. The number of hydrogen-bond donors (Lipinski definition) is 2. The Morgan fingerprint density at radius 1 is 1.26 bits per heavy atom. The Balaban J connectivity index is 1.92. The van der Waals surface area contributed by atoms with Crippen molar-refractivity contribution in [2.24, 2.45) is 0 Å². The number of nitrogens with one attached hydrogen (secondary N) is 2. The van der Waals surface area contributed by atoms with Crippen LogP contribution in [0.5, 0.6) is 5.75 Å². The third-order valence-corrected chi connectivity index (χ3v) is 4.06. The number of nitrogens with zero attached hydrogens (tertiary/aromatic N) is 1. The molecule has 27 heavy (non-hydrogen) atoms. The quantitative estimate of drug-likeness (QED) is 0.627. The van der Waals surface area contributed by atoms with Crippen molar-refractivity contribution in [1.82, 2.24) is 10.2 Å². The van der Waals surface area contributed by atoms with E-state index in [9.17, 15) is 14.4 Å². The van der Waals surface area contributed by atoms with Crippen molar-refractivity contribution in [2.75, 3.05) is 38.2 Å².